The van der Waals surface area contributed by atoms with Gasteiger partial charge in [-0.15, -0.1) is 13.1 Å². The second kappa shape index (κ2) is 22.4. The molecule has 0 amide bonds. The van der Waals surface area contributed by atoms with Crippen molar-refractivity contribution in [2.45, 2.75) is 111 Å². The van der Waals surface area contributed by atoms with E-state index in [0.717, 1.165) is 0 Å². The number of nitrogens with zero attached hydrogens (tertiary/aromatic N) is 3. The Kier molecular flexibility index (Phi) is 31.7. The number of hydrogen-bond acceptors (Lipinski definition) is 0. The number of nitrogens with one attached hydrogen (secondary N) is 2. The third kappa shape index (κ3) is 78.9. The summed E-state index contributed by atoms with van der Waals surface area (Å²) in [6.07, 6.45) is 0. The maximum atomic E-state index is 4.82. The Labute approximate surface area is 281 Å². The molecule has 0 rings (SSSR count). The molecule has 218 valence electrons. The summed E-state index contributed by atoms with van der Waals surface area (Å²) in [6.45, 7) is 45.3. The van der Waals surface area contributed by atoms with Gasteiger partial charge in [-0.2, -0.15) is 0 Å². The summed E-state index contributed by atoms with van der Waals surface area (Å²) >= 11 is 0. The van der Waals surface area contributed by atoms with Crippen molar-refractivity contribution in [3.05, 3.63) is 20.5 Å². The van der Waals surface area contributed by atoms with Gasteiger partial charge in [-0.1, -0.05) is 139 Å². The van der Waals surface area contributed by atoms with E-state index < -0.39 is 49.4 Å². The molecule has 0 fully saturated rings. The molecule has 0 saturated carbocycles. The van der Waals surface area contributed by atoms with E-state index in [0.29, 0.717) is 0 Å². The molecule has 2 N–H and O–H groups in total. The molecule has 0 aliphatic carbocycles. The van der Waals surface area contributed by atoms with Crippen LogP contribution in [0.1, 0.15) is 0 Å². The Morgan fingerprint density at radius 1 is 0.432 bits per heavy atom. The molecule has 0 spiro atoms. The van der Waals surface area contributed by atoms with Crippen LogP contribution in [0.3, 0.4) is 0 Å². The molecule has 5 nitrogen and oxygen atoms in total. The standard InChI is InChI=1S/C6H16N2.2C6H18NSi2.C6H17NSi2.Li.Y/c1-7(2)5-6-8(3)4;3*1-8(2,3)7-9(4,5)6;;/h5-6H2,1-4H3;2*1-6H3;1H2,2-6H3;;/q;2*-1;-2;+1;+3/p+2. The quantitative estimate of drug-likeness (QED) is 0.276. The first-order valence-corrected chi connectivity index (χ1v) is 33.8. The van der Waals surface area contributed by atoms with Gasteiger partial charge in [-0.05, 0) is 0 Å². The van der Waals surface area contributed by atoms with Gasteiger partial charge in [0, 0.05) is 0 Å². The maximum absolute atomic E-state index is 4.82. The Hall–Kier alpha value is 2.80. The van der Waals surface area contributed by atoms with Crippen LogP contribution in [0.15, 0.2) is 0 Å². The van der Waals surface area contributed by atoms with Crippen LogP contribution in [0.2, 0.25) is 111 Å². The third-order valence-electron chi connectivity index (χ3n) is 3.10. The normalized spacial score (nSPS) is 12.6. The smallest absolute Gasteiger partial charge is 0.689 e. The van der Waals surface area contributed by atoms with Crippen molar-refractivity contribution in [1.82, 2.24) is 0 Å². The van der Waals surface area contributed by atoms with Crippen molar-refractivity contribution in [2.24, 2.45) is 0 Å². The zero-order valence-electron chi connectivity index (χ0n) is 30.0. The van der Waals surface area contributed by atoms with Crippen LogP contribution in [-0.2, 0) is 32.7 Å². The predicted octanol–water partition coefficient (Wildman–Crippen LogP) is 3.11. The first kappa shape index (κ1) is 52.4. The van der Waals surface area contributed by atoms with Crippen LogP contribution in [-0.4, -0.2) is 90.7 Å². The van der Waals surface area contributed by atoms with Crippen molar-refractivity contribution >= 4 is 49.4 Å². The minimum absolute atomic E-state index is 0. The zero-order chi connectivity index (χ0) is 29.7. The van der Waals surface area contributed by atoms with E-state index in [1.165, 1.54) is 22.9 Å². The largest absolute Gasteiger partial charge is 3.00 e. The molecule has 13 heteroatoms. The Balaban J connectivity index is -0.0000000851. The minimum Gasteiger partial charge on any atom is -0.689 e. The van der Waals surface area contributed by atoms with E-state index in [1.54, 1.807) is 0 Å². The van der Waals surface area contributed by atoms with Gasteiger partial charge in [-0.3, -0.25) is 0 Å². The van der Waals surface area contributed by atoms with Crippen LogP contribution < -0.4 is 28.7 Å². The fourth-order valence-corrected chi connectivity index (χ4v) is 26.8. The van der Waals surface area contributed by atoms with Crippen molar-refractivity contribution in [3.63, 3.8) is 0 Å². The zero-order valence-corrected chi connectivity index (χ0v) is 38.9. The molecule has 0 aliphatic heterocycles. The summed E-state index contributed by atoms with van der Waals surface area (Å²) in [5.74, 6) is 0. The Bertz CT molecular complexity index is 411. The SMILES string of the molecule is C[NH+](C)CC[NH+](C)C.C[Si](C)(C)[N-][Si](C)(C)C.C[Si](C)(C)[N-][Si](C)(C)C.[CH2-][Si](C)(C)[N-][Si](C)(C)C.[Li+].[Y+3]. The van der Waals surface area contributed by atoms with Gasteiger partial charge in [0.2, 0.25) is 0 Å². The van der Waals surface area contributed by atoms with Gasteiger partial charge in [0.1, 0.15) is 13.1 Å². The molecule has 0 aromatic rings. The van der Waals surface area contributed by atoms with Crippen LogP contribution in [0.5, 0.6) is 0 Å². The number of hydrogen-bond donors (Lipinski definition) is 2. The number of rotatable bonds is 9. The first-order valence-electron chi connectivity index (χ1n) is 13.4. The van der Waals surface area contributed by atoms with Gasteiger partial charge < -0.3 is 30.3 Å². The molecule has 37 heavy (non-hydrogen) atoms. The van der Waals surface area contributed by atoms with Crippen molar-refractivity contribution < 1.29 is 61.4 Å². The molecule has 0 unspecified atom stereocenters. The number of quaternary nitrogens is 2. The van der Waals surface area contributed by atoms with Gasteiger partial charge in [0.15, 0.2) is 0 Å². The average Bonchev–Trinajstić information content (AvgIpc) is 2.34. The topological polar surface area (TPSA) is 51.2 Å². The summed E-state index contributed by atoms with van der Waals surface area (Å²) in [7, 11) is 1.79. The van der Waals surface area contributed by atoms with Crippen LogP contribution in [0.4, 0.5) is 0 Å². The van der Waals surface area contributed by atoms with E-state index >= 15 is 0 Å². The van der Waals surface area contributed by atoms with Crippen LogP contribution >= 0.6 is 0 Å². The molecular weight excluding hydrogens is 623 g/mol. The summed E-state index contributed by atoms with van der Waals surface area (Å²) in [5, 5.41) is 0. The first-order chi connectivity index (χ1) is 14.7. The molecule has 0 radical (unpaired) electrons. The fraction of sp³-hybridized carbons (Fsp3) is 0.958. The maximum Gasteiger partial charge on any atom is 3.00 e. The van der Waals surface area contributed by atoms with Crippen molar-refractivity contribution in [3.8, 4) is 0 Å². The van der Waals surface area contributed by atoms with E-state index in [2.05, 4.69) is 146 Å². The molecule has 0 aromatic carbocycles. The van der Waals surface area contributed by atoms with Gasteiger partial charge in [0.05, 0.1) is 28.2 Å². The van der Waals surface area contributed by atoms with Crippen LogP contribution in [0, 0.1) is 6.55 Å². The Morgan fingerprint density at radius 2 is 0.595 bits per heavy atom. The molecule has 0 atom stereocenters. The Morgan fingerprint density at radius 3 is 0.622 bits per heavy atom. The van der Waals surface area contributed by atoms with Gasteiger partial charge in [-0.25, -0.2) is 8.24 Å². The summed E-state index contributed by atoms with van der Waals surface area (Å²) in [5.41, 5.74) is 0. The predicted molar refractivity (Wildman–Crippen MR) is 185 cm³/mol. The minimum atomic E-state index is -1.36. The van der Waals surface area contributed by atoms with E-state index in [4.69, 9.17) is 13.9 Å². The summed E-state index contributed by atoms with van der Waals surface area (Å²) in [4.78, 5) is 3.07. The van der Waals surface area contributed by atoms with Crippen molar-refractivity contribution in [1.29, 1.82) is 0 Å². The fourth-order valence-electron chi connectivity index (χ4n) is 3.42. The van der Waals surface area contributed by atoms with Gasteiger partial charge >= 0.3 is 51.6 Å². The van der Waals surface area contributed by atoms with Crippen LogP contribution in [0.25, 0.3) is 13.9 Å². The molecule has 0 aromatic heterocycles. The monoisotopic (exact) mass is 693 g/mol. The molecule has 0 heterocycles. The molecule has 0 aliphatic rings. The summed E-state index contributed by atoms with van der Waals surface area (Å²) in [6, 6.07) is 0. The summed E-state index contributed by atoms with van der Waals surface area (Å²) < 4.78 is 14.3. The van der Waals surface area contributed by atoms with Crippen molar-refractivity contribution in [2.75, 3.05) is 41.3 Å². The van der Waals surface area contributed by atoms with Gasteiger partial charge in [0.25, 0.3) is 0 Å². The van der Waals surface area contributed by atoms with E-state index in [1.807, 2.05) is 0 Å². The average molecular weight is 694 g/mol. The van der Waals surface area contributed by atoms with E-state index in [-0.39, 0.29) is 51.6 Å². The second-order valence-electron chi connectivity index (χ2n) is 15.9. The second-order valence-corrected chi connectivity index (χ2v) is 43.9. The molecule has 0 bridgehead atoms. The molecular formula is C24H71LiN5Si6Y+2. The number of likely N-dealkylation sites (N-methyl/N-ethyl adjacent to an activating group) is 2. The molecule has 0 saturated heterocycles. The third-order valence-corrected chi connectivity index (χ3v) is 18.9. The van der Waals surface area contributed by atoms with E-state index in [9.17, 15) is 0 Å².